The van der Waals surface area contributed by atoms with E-state index >= 15 is 0 Å². The molecule has 1 aromatic heterocycles. The summed E-state index contributed by atoms with van der Waals surface area (Å²) in [4.78, 5) is 4.56. The fraction of sp³-hybridized carbons (Fsp3) is 0.615. The first-order valence-corrected chi connectivity index (χ1v) is 7.39. The van der Waals surface area contributed by atoms with Gasteiger partial charge in [0.15, 0.2) is 5.96 Å². The van der Waals surface area contributed by atoms with Crippen molar-refractivity contribution in [1.29, 1.82) is 0 Å². The van der Waals surface area contributed by atoms with Crippen molar-refractivity contribution in [3.8, 4) is 0 Å². The van der Waals surface area contributed by atoms with E-state index in [2.05, 4.69) is 22.5 Å². The molecule has 106 valence electrons. The largest absolute Gasteiger partial charge is 0.357 e. The highest BCUT2D eigenvalue weighted by atomic mass is 35.5. The Hall–Kier alpha value is -0.870. The van der Waals surface area contributed by atoms with Gasteiger partial charge in [0.05, 0.1) is 11.6 Å². The minimum atomic E-state index is 0.558. The van der Waals surface area contributed by atoms with Gasteiger partial charge in [-0.25, -0.2) is 4.99 Å². The number of hydrogen-bond acceptors (Lipinski definition) is 1. The lowest BCUT2D eigenvalue weighted by atomic mass is 10.4. The molecule has 1 heterocycles. The summed E-state index contributed by atoms with van der Waals surface area (Å²) in [5.74, 6) is 1.67. The Kier molecular flexibility index (Phi) is 4.99. The van der Waals surface area contributed by atoms with Crippen LogP contribution >= 0.6 is 23.2 Å². The molecule has 0 spiro atoms. The van der Waals surface area contributed by atoms with E-state index in [4.69, 9.17) is 23.2 Å². The van der Waals surface area contributed by atoms with Gasteiger partial charge in [0.25, 0.3) is 0 Å². The summed E-state index contributed by atoms with van der Waals surface area (Å²) in [6.07, 6.45) is 2.66. The van der Waals surface area contributed by atoms with Crippen LogP contribution in [0.3, 0.4) is 0 Å². The van der Waals surface area contributed by atoms with Crippen LogP contribution < -0.4 is 10.6 Å². The standard InChI is InChI=1S/C13H20Cl2N4/c1-3-16-13(17-7-9-4-5-9)18-8-10-6-11(14)12(15)19(10)2/h6,9H,3-5,7-8H2,1-2H3,(H2,16,17,18). The van der Waals surface area contributed by atoms with E-state index < -0.39 is 0 Å². The van der Waals surface area contributed by atoms with Crippen LogP contribution in [-0.4, -0.2) is 23.6 Å². The molecule has 0 radical (unpaired) electrons. The number of rotatable bonds is 5. The van der Waals surface area contributed by atoms with Gasteiger partial charge >= 0.3 is 0 Å². The van der Waals surface area contributed by atoms with Crippen molar-refractivity contribution in [3.63, 3.8) is 0 Å². The van der Waals surface area contributed by atoms with Gasteiger partial charge in [0, 0.05) is 25.8 Å². The first-order chi connectivity index (χ1) is 9.11. The normalized spacial score (nSPS) is 15.7. The summed E-state index contributed by atoms with van der Waals surface area (Å²) in [6.45, 7) is 4.47. The second-order valence-electron chi connectivity index (χ2n) is 4.85. The van der Waals surface area contributed by atoms with Gasteiger partial charge in [0.2, 0.25) is 0 Å². The zero-order chi connectivity index (χ0) is 13.8. The van der Waals surface area contributed by atoms with Gasteiger partial charge in [0.1, 0.15) is 5.15 Å². The minimum absolute atomic E-state index is 0.558. The average molecular weight is 303 g/mol. The third-order valence-corrected chi connectivity index (χ3v) is 4.06. The highest BCUT2D eigenvalue weighted by Gasteiger charge is 2.21. The van der Waals surface area contributed by atoms with E-state index in [0.717, 1.165) is 30.7 Å². The van der Waals surface area contributed by atoms with Gasteiger partial charge in [-0.1, -0.05) is 23.2 Å². The molecule has 2 rings (SSSR count). The molecular weight excluding hydrogens is 283 g/mol. The van der Waals surface area contributed by atoms with Crippen molar-refractivity contribution in [1.82, 2.24) is 15.2 Å². The first-order valence-electron chi connectivity index (χ1n) is 6.63. The van der Waals surface area contributed by atoms with E-state index in [-0.39, 0.29) is 0 Å². The molecule has 2 N–H and O–H groups in total. The average Bonchev–Trinajstić information content (AvgIpc) is 3.18. The van der Waals surface area contributed by atoms with Gasteiger partial charge < -0.3 is 15.2 Å². The summed E-state index contributed by atoms with van der Waals surface area (Å²) < 4.78 is 1.86. The third kappa shape index (κ3) is 4.05. The summed E-state index contributed by atoms with van der Waals surface area (Å²) in [6, 6.07) is 1.86. The van der Waals surface area contributed by atoms with E-state index in [9.17, 15) is 0 Å². The molecule has 1 saturated carbocycles. The number of nitrogens with zero attached hydrogens (tertiary/aromatic N) is 2. The lowest BCUT2D eigenvalue weighted by Crippen LogP contribution is -2.38. The SMILES string of the molecule is CCNC(=NCc1cc(Cl)c(Cl)n1C)NCC1CC1. The highest BCUT2D eigenvalue weighted by Crippen LogP contribution is 2.27. The molecule has 1 aliphatic rings. The zero-order valence-electron chi connectivity index (χ0n) is 11.3. The number of aliphatic imine (C=N–C) groups is 1. The molecule has 4 nitrogen and oxygen atoms in total. The molecule has 0 unspecified atom stereocenters. The molecule has 0 saturated heterocycles. The Morgan fingerprint density at radius 1 is 1.42 bits per heavy atom. The van der Waals surface area contributed by atoms with Crippen molar-refractivity contribution in [2.45, 2.75) is 26.3 Å². The molecule has 0 atom stereocenters. The van der Waals surface area contributed by atoms with E-state index in [1.807, 2.05) is 17.7 Å². The van der Waals surface area contributed by atoms with Gasteiger partial charge in [-0.2, -0.15) is 0 Å². The van der Waals surface area contributed by atoms with Crippen LogP contribution in [0.1, 0.15) is 25.5 Å². The number of nitrogens with one attached hydrogen (secondary N) is 2. The fourth-order valence-electron chi connectivity index (χ4n) is 1.81. The first kappa shape index (κ1) is 14.5. The van der Waals surface area contributed by atoms with Gasteiger partial charge in [-0.3, -0.25) is 0 Å². The Morgan fingerprint density at radius 3 is 2.68 bits per heavy atom. The summed E-state index contributed by atoms with van der Waals surface area (Å²) in [7, 11) is 1.89. The maximum atomic E-state index is 6.04. The second kappa shape index (κ2) is 6.53. The van der Waals surface area contributed by atoms with Crippen LogP contribution in [0.5, 0.6) is 0 Å². The van der Waals surface area contributed by atoms with E-state index in [1.165, 1.54) is 12.8 Å². The number of guanidine groups is 1. The minimum Gasteiger partial charge on any atom is -0.357 e. The molecule has 1 aromatic rings. The van der Waals surface area contributed by atoms with Crippen LogP contribution in [0, 0.1) is 5.92 Å². The molecule has 0 bridgehead atoms. The number of halogens is 2. The van der Waals surface area contributed by atoms with Crippen molar-refractivity contribution in [2.75, 3.05) is 13.1 Å². The van der Waals surface area contributed by atoms with Crippen LogP contribution in [0.4, 0.5) is 0 Å². The quantitative estimate of drug-likeness (QED) is 0.649. The molecule has 1 aliphatic carbocycles. The molecule has 0 amide bonds. The summed E-state index contributed by atoms with van der Waals surface area (Å²) in [5.41, 5.74) is 0.999. The van der Waals surface area contributed by atoms with Crippen LogP contribution in [0.2, 0.25) is 10.2 Å². The van der Waals surface area contributed by atoms with Crippen molar-refractivity contribution in [2.24, 2.45) is 18.0 Å². The van der Waals surface area contributed by atoms with Crippen LogP contribution in [0.15, 0.2) is 11.1 Å². The second-order valence-corrected chi connectivity index (χ2v) is 5.62. The topological polar surface area (TPSA) is 41.4 Å². The lowest BCUT2D eigenvalue weighted by Gasteiger charge is -2.10. The van der Waals surface area contributed by atoms with Crippen molar-refractivity contribution >= 4 is 29.2 Å². The number of aromatic nitrogens is 1. The molecule has 1 fully saturated rings. The van der Waals surface area contributed by atoms with Gasteiger partial charge in [-0.15, -0.1) is 0 Å². The molecule has 19 heavy (non-hydrogen) atoms. The number of hydrogen-bond donors (Lipinski definition) is 2. The van der Waals surface area contributed by atoms with E-state index in [0.29, 0.717) is 16.7 Å². The Balaban J connectivity index is 1.97. The van der Waals surface area contributed by atoms with Crippen LogP contribution in [-0.2, 0) is 13.6 Å². The molecular formula is C13H20Cl2N4. The fourth-order valence-corrected chi connectivity index (χ4v) is 2.22. The Morgan fingerprint density at radius 2 is 2.16 bits per heavy atom. The van der Waals surface area contributed by atoms with E-state index in [1.54, 1.807) is 0 Å². The highest BCUT2D eigenvalue weighted by molar-refractivity contribution is 6.41. The zero-order valence-corrected chi connectivity index (χ0v) is 12.9. The summed E-state index contributed by atoms with van der Waals surface area (Å²) in [5, 5.41) is 7.73. The molecule has 0 aliphatic heterocycles. The lowest BCUT2D eigenvalue weighted by molar-refractivity contribution is 0.734. The molecule has 0 aromatic carbocycles. The Bertz CT molecular complexity index is 463. The Labute approximate surface area is 124 Å². The van der Waals surface area contributed by atoms with Crippen molar-refractivity contribution in [3.05, 3.63) is 21.9 Å². The predicted octanol–water partition coefficient (Wildman–Crippen LogP) is 2.80. The van der Waals surface area contributed by atoms with Crippen molar-refractivity contribution < 1.29 is 0 Å². The maximum absolute atomic E-state index is 6.04. The monoisotopic (exact) mass is 302 g/mol. The smallest absolute Gasteiger partial charge is 0.191 e. The molecule has 6 heteroatoms. The third-order valence-electron chi connectivity index (χ3n) is 3.21. The van der Waals surface area contributed by atoms with Gasteiger partial charge in [-0.05, 0) is 31.7 Å². The van der Waals surface area contributed by atoms with Crippen LogP contribution in [0.25, 0.3) is 0 Å². The maximum Gasteiger partial charge on any atom is 0.191 e. The summed E-state index contributed by atoms with van der Waals surface area (Å²) >= 11 is 12.0. The predicted molar refractivity (Wildman–Crippen MR) is 81.0 cm³/mol.